The maximum Gasteiger partial charge on any atom is 0.316 e. The molecule has 2 aromatic carbocycles. The molecule has 1 aromatic heterocycles. The fourth-order valence-corrected chi connectivity index (χ4v) is 2.76. The van der Waals surface area contributed by atoms with Gasteiger partial charge in [0.2, 0.25) is 5.82 Å². The Bertz CT molecular complexity index is 1050. The molecule has 10 heteroatoms. The van der Waals surface area contributed by atoms with Gasteiger partial charge in [-0.1, -0.05) is 22.8 Å². The van der Waals surface area contributed by atoms with Gasteiger partial charge < -0.3 is 24.6 Å². The van der Waals surface area contributed by atoms with Gasteiger partial charge in [0.05, 0.1) is 14.2 Å². The minimum Gasteiger partial charge on any atom is -0.493 e. The van der Waals surface area contributed by atoms with Crippen molar-refractivity contribution in [2.45, 2.75) is 0 Å². The molecule has 2 amide bonds. The van der Waals surface area contributed by atoms with Crippen molar-refractivity contribution in [2.24, 2.45) is 0 Å². The van der Waals surface area contributed by atoms with Gasteiger partial charge in [0, 0.05) is 29.2 Å². The molecule has 0 saturated carbocycles. The predicted molar refractivity (Wildman–Crippen MR) is 109 cm³/mol. The highest BCUT2D eigenvalue weighted by Crippen LogP contribution is 2.31. The van der Waals surface area contributed by atoms with Crippen LogP contribution in [0.3, 0.4) is 0 Å². The van der Waals surface area contributed by atoms with E-state index in [9.17, 15) is 9.59 Å². The first-order valence-electron chi connectivity index (χ1n) is 8.90. The Morgan fingerprint density at radius 1 is 1.00 bits per heavy atom. The van der Waals surface area contributed by atoms with Crippen LogP contribution >= 0.6 is 11.6 Å². The van der Waals surface area contributed by atoms with E-state index in [1.165, 1.54) is 14.2 Å². The van der Waals surface area contributed by atoms with E-state index < -0.39 is 5.91 Å². The largest absolute Gasteiger partial charge is 0.493 e. The molecule has 1 heterocycles. The van der Waals surface area contributed by atoms with Gasteiger partial charge in [-0.15, -0.1) is 0 Å². The minimum absolute atomic E-state index is 0.180. The number of ether oxygens (including phenoxy) is 2. The van der Waals surface area contributed by atoms with Crippen LogP contribution in [0.1, 0.15) is 21.0 Å². The summed E-state index contributed by atoms with van der Waals surface area (Å²) in [5, 5.41) is 9.57. The predicted octanol–water partition coefficient (Wildman–Crippen LogP) is 2.57. The van der Waals surface area contributed by atoms with Crippen molar-refractivity contribution in [1.82, 2.24) is 20.8 Å². The number of aromatic nitrogens is 2. The second-order valence-electron chi connectivity index (χ2n) is 6.02. The van der Waals surface area contributed by atoms with Crippen molar-refractivity contribution >= 4 is 23.4 Å². The number of halogens is 1. The molecule has 3 aromatic rings. The van der Waals surface area contributed by atoms with Crippen LogP contribution in [0.15, 0.2) is 47.0 Å². The van der Waals surface area contributed by atoms with Gasteiger partial charge >= 0.3 is 11.8 Å². The van der Waals surface area contributed by atoms with E-state index in [2.05, 4.69) is 20.8 Å². The Labute approximate surface area is 177 Å². The lowest BCUT2D eigenvalue weighted by molar-refractivity contribution is 0.0898. The molecule has 0 aliphatic carbocycles. The molecule has 9 nitrogen and oxygen atoms in total. The average Bonchev–Trinajstić information content (AvgIpc) is 3.26. The molecule has 2 N–H and O–H groups in total. The lowest BCUT2D eigenvalue weighted by Crippen LogP contribution is -2.34. The van der Waals surface area contributed by atoms with Crippen molar-refractivity contribution in [3.05, 3.63) is 58.9 Å². The van der Waals surface area contributed by atoms with Crippen molar-refractivity contribution in [2.75, 3.05) is 27.3 Å². The van der Waals surface area contributed by atoms with Crippen molar-refractivity contribution in [3.63, 3.8) is 0 Å². The van der Waals surface area contributed by atoms with Crippen LogP contribution in [0.2, 0.25) is 5.02 Å². The van der Waals surface area contributed by atoms with Crippen LogP contribution in [0, 0.1) is 0 Å². The fraction of sp³-hybridized carbons (Fsp3) is 0.200. The van der Waals surface area contributed by atoms with Gasteiger partial charge in [-0.25, -0.2) is 0 Å². The van der Waals surface area contributed by atoms with Crippen LogP contribution in [0.5, 0.6) is 11.5 Å². The number of amides is 2. The molecule has 0 unspecified atom stereocenters. The first-order valence-corrected chi connectivity index (χ1v) is 9.27. The van der Waals surface area contributed by atoms with E-state index in [-0.39, 0.29) is 30.7 Å². The smallest absolute Gasteiger partial charge is 0.316 e. The first-order chi connectivity index (χ1) is 14.5. The molecule has 156 valence electrons. The number of hydrogen-bond acceptors (Lipinski definition) is 7. The average molecular weight is 431 g/mol. The summed E-state index contributed by atoms with van der Waals surface area (Å²) >= 11 is 5.86. The summed E-state index contributed by atoms with van der Waals surface area (Å²) in [6, 6.07) is 11.7. The van der Waals surface area contributed by atoms with Gasteiger partial charge in [-0.05, 0) is 36.4 Å². The molecular weight excluding hydrogens is 412 g/mol. The van der Waals surface area contributed by atoms with E-state index in [1.54, 1.807) is 42.5 Å². The third kappa shape index (κ3) is 5.06. The van der Waals surface area contributed by atoms with E-state index in [0.717, 1.165) is 0 Å². The lowest BCUT2D eigenvalue weighted by Gasteiger charge is -2.07. The summed E-state index contributed by atoms with van der Waals surface area (Å²) in [5.41, 5.74) is 1.04. The number of methoxy groups -OCH3 is 2. The van der Waals surface area contributed by atoms with Gasteiger partial charge in [-0.2, -0.15) is 4.98 Å². The zero-order valence-electron chi connectivity index (χ0n) is 16.3. The summed E-state index contributed by atoms with van der Waals surface area (Å²) in [7, 11) is 3.05. The van der Waals surface area contributed by atoms with E-state index in [0.29, 0.717) is 27.6 Å². The topological polar surface area (TPSA) is 116 Å². The van der Waals surface area contributed by atoms with E-state index in [4.69, 9.17) is 25.6 Å². The Morgan fingerprint density at radius 2 is 1.73 bits per heavy atom. The highest BCUT2D eigenvalue weighted by atomic mass is 35.5. The summed E-state index contributed by atoms with van der Waals surface area (Å²) < 4.78 is 15.5. The molecule has 0 bridgehead atoms. The molecule has 0 spiro atoms. The SMILES string of the molecule is COc1ccc(-c2noc(C(=O)NCCNC(=O)c3cccc(Cl)c3)n2)cc1OC. The normalized spacial score (nSPS) is 10.4. The highest BCUT2D eigenvalue weighted by molar-refractivity contribution is 6.30. The maximum atomic E-state index is 12.2. The fourth-order valence-electron chi connectivity index (χ4n) is 2.57. The Morgan fingerprint density at radius 3 is 2.43 bits per heavy atom. The van der Waals surface area contributed by atoms with Crippen LogP contribution in [-0.4, -0.2) is 49.3 Å². The third-order valence-electron chi connectivity index (χ3n) is 4.04. The van der Waals surface area contributed by atoms with Crippen LogP contribution in [-0.2, 0) is 0 Å². The first kappa shape index (κ1) is 21.1. The zero-order chi connectivity index (χ0) is 21.5. The number of nitrogens with zero attached hydrogens (tertiary/aromatic N) is 2. The Hall–Kier alpha value is -3.59. The molecule has 0 aliphatic heterocycles. The molecule has 0 radical (unpaired) electrons. The molecule has 0 fully saturated rings. The number of carbonyl (C=O) groups is 2. The lowest BCUT2D eigenvalue weighted by atomic mass is 10.2. The summed E-state index contributed by atoms with van der Waals surface area (Å²) in [4.78, 5) is 28.3. The monoisotopic (exact) mass is 430 g/mol. The molecule has 0 atom stereocenters. The Balaban J connectivity index is 1.53. The highest BCUT2D eigenvalue weighted by Gasteiger charge is 2.17. The van der Waals surface area contributed by atoms with Gasteiger partial charge in [-0.3, -0.25) is 9.59 Å². The number of carbonyl (C=O) groups excluding carboxylic acids is 2. The number of rotatable bonds is 8. The van der Waals surface area contributed by atoms with Crippen LogP contribution < -0.4 is 20.1 Å². The summed E-state index contributed by atoms with van der Waals surface area (Å²) in [6.45, 7) is 0.396. The second-order valence-corrected chi connectivity index (χ2v) is 6.45. The van der Waals surface area contributed by atoms with Gasteiger partial charge in [0.1, 0.15) is 0 Å². The quantitative estimate of drug-likeness (QED) is 0.527. The van der Waals surface area contributed by atoms with Crippen molar-refractivity contribution in [1.29, 1.82) is 0 Å². The zero-order valence-corrected chi connectivity index (χ0v) is 17.0. The Kier molecular flexibility index (Phi) is 6.87. The third-order valence-corrected chi connectivity index (χ3v) is 4.28. The molecule has 3 rings (SSSR count). The van der Waals surface area contributed by atoms with E-state index >= 15 is 0 Å². The van der Waals surface area contributed by atoms with Crippen LogP contribution in [0.4, 0.5) is 0 Å². The molecule has 0 saturated heterocycles. The summed E-state index contributed by atoms with van der Waals surface area (Å²) in [6.07, 6.45) is 0. The number of hydrogen-bond donors (Lipinski definition) is 2. The van der Waals surface area contributed by atoms with Gasteiger partial charge in [0.25, 0.3) is 5.91 Å². The van der Waals surface area contributed by atoms with Crippen molar-refractivity contribution < 1.29 is 23.6 Å². The van der Waals surface area contributed by atoms with Crippen molar-refractivity contribution in [3.8, 4) is 22.9 Å². The second kappa shape index (κ2) is 9.75. The van der Waals surface area contributed by atoms with Gasteiger partial charge in [0.15, 0.2) is 11.5 Å². The molecule has 0 aliphatic rings. The standard InChI is InChI=1S/C20H19ClN4O5/c1-28-15-7-6-12(11-16(15)29-2)17-24-20(30-25-17)19(27)23-9-8-22-18(26)13-4-3-5-14(21)10-13/h3-7,10-11H,8-9H2,1-2H3,(H,22,26)(H,23,27). The number of benzene rings is 2. The molecule has 30 heavy (non-hydrogen) atoms. The summed E-state index contributed by atoms with van der Waals surface area (Å²) in [5.74, 6) is 0.256. The number of nitrogens with one attached hydrogen (secondary N) is 2. The van der Waals surface area contributed by atoms with E-state index in [1.807, 2.05) is 0 Å². The maximum absolute atomic E-state index is 12.2. The van der Waals surface area contributed by atoms with Crippen LogP contribution in [0.25, 0.3) is 11.4 Å². The minimum atomic E-state index is -0.550. The molecular formula is C20H19ClN4O5.